The van der Waals surface area contributed by atoms with Gasteiger partial charge in [0.1, 0.15) is 0 Å². The number of nitrogens with one attached hydrogen (secondary N) is 1. The van der Waals surface area contributed by atoms with Gasteiger partial charge in [-0.15, -0.1) is 0 Å². The van der Waals surface area contributed by atoms with Crippen molar-refractivity contribution in [3.8, 4) is 11.5 Å². The Morgan fingerprint density at radius 3 is 2.69 bits per heavy atom. The number of esters is 1. The van der Waals surface area contributed by atoms with E-state index in [4.69, 9.17) is 14.2 Å². The fourth-order valence-electron chi connectivity index (χ4n) is 4.14. The molecule has 4 rings (SSSR count). The molecule has 0 radical (unpaired) electrons. The quantitative estimate of drug-likeness (QED) is 0.344. The van der Waals surface area contributed by atoms with Gasteiger partial charge in [0.2, 0.25) is 18.6 Å². The van der Waals surface area contributed by atoms with Crippen molar-refractivity contribution in [2.75, 3.05) is 18.2 Å². The van der Waals surface area contributed by atoms with Crippen molar-refractivity contribution >= 4 is 29.2 Å². The molecule has 2 aromatic carbocycles. The van der Waals surface area contributed by atoms with Crippen LogP contribution in [0.2, 0.25) is 0 Å². The number of para-hydroxylation sites is 1. The van der Waals surface area contributed by atoms with Gasteiger partial charge in [0.15, 0.2) is 11.5 Å². The molecule has 2 aliphatic rings. The minimum absolute atomic E-state index is 0.0414. The first kappa shape index (κ1) is 24.0. The molecule has 35 heavy (non-hydrogen) atoms. The second-order valence-electron chi connectivity index (χ2n) is 8.56. The van der Waals surface area contributed by atoms with Gasteiger partial charge in [-0.3, -0.25) is 24.5 Å². The number of carbonyl (C=O) groups excluding carboxylic acids is 3. The minimum Gasteiger partial charge on any atom is -0.463 e. The van der Waals surface area contributed by atoms with Crippen LogP contribution in [0.25, 0.3) is 0 Å². The molecule has 0 saturated carbocycles. The third kappa shape index (κ3) is 5.34. The Bertz CT molecular complexity index is 1170. The van der Waals surface area contributed by atoms with Crippen LogP contribution in [0.3, 0.4) is 0 Å². The molecule has 11 heteroatoms. The van der Waals surface area contributed by atoms with Crippen LogP contribution in [0.1, 0.15) is 38.3 Å². The fraction of sp³-hybridized carbons (Fsp3) is 0.375. The summed E-state index contributed by atoms with van der Waals surface area (Å²) in [6.07, 6.45) is -0.714. The number of anilines is 1. The summed E-state index contributed by atoms with van der Waals surface area (Å²) in [6.45, 7) is 3.59. The molecule has 0 bridgehead atoms. The molecule has 2 heterocycles. The maximum absolute atomic E-state index is 13.2. The number of amides is 2. The highest BCUT2D eigenvalue weighted by Crippen LogP contribution is 2.37. The van der Waals surface area contributed by atoms with Gasteiger partial charge in [0, 0.05) is 30.8 Å². The lowest BCUT2D eigenvalue weighted by atomic mass is 9.99. The van der Waals surface area contributed by atoms with E-state index in [-0.39, 0.29) is 49.4 Å². The first-order valence-electron chi connectivity index (χ1n) is 11.2. The highest BCUT2D eigenvalue weighted by atomic mass is 16.7. The molecule has 2 aliphatic heterocycles. The van der Waals surface area contributed by atoms with E-state index in [0.717, 1.165) is 0 Å². The Morgan fingerprint density at radius 1 is 1.20 bits per heavy atom. The largest absolute Gasteiger partial charge is 0.463 e. The van der Waals surface area contributed by atoms with Gasteiger partial charge >= 0.3 is 5.97 Å². The lowest BCUT2D eigenvalue weighted by Gasteiger charge is -2.21. The number of fused-ring (bicyclic) bond motifs is 1. The lowest BCUT2D eigenvalue weighted by Crippen LogP contribution is -2.37. The van der Waals surface area contributed by atoms with Gasteiger partial charge in [-0.05, 0) is 26.0 Å². The molecule has 2 atom stereocenters. The molecule has 184 valence electrons. The number of carbonyl (C=O) groups is 3. The van der Waals surface area contributed by atoms with Crippen molar-refractivity contribution in [3.63, 3.8) is 0 Å². The zero-order chi connectivity index (χ0) is 25.1. The van der Waals surface area contributed by atoms with Crippen molar-refractivity contribution in [1.82, 2.24) is 5.32 Å². The summed E-state index contributed by atoms with van der Waals surface area (Å²) in [5.41, 5.74) is 0.536. The summed E-state index contributed by atoms with van der Waals surface area (Å²) in [4.78, 5) is 50.7. The summed E-state index contributed by atoms with van der Waals surface area (Å²) < 4.78 is 15.9. The van der Waals surface area contributed by atoms with Crippen LogP contribution in [0.15, 0.2) is 42.5 Å². The molecule has 1 saturated heterocycles. The van der Waals surface area contributed by atoms with Gasteiger partial charge in [0.25, 0.3) is 5.69 Å². The zero-order valence-electron chi connectivity index (χ0n) is 19.3. The summed E-state index contributed by atoms with van der Waals surface area (Å²) >= 11 is 0. The topological polar surface area (TPSA) is 137 Å². The number of benzene rings is 2. The van der Waals surface area contributed by atoms with Crippen molar-refractivity contribution in [2.24, 2.45) is 5.92 Å². The number of rotatable bonds is 8. The number of nitro benzene ring substituents is 1. The van der Waals surface area contributed by atoms with E-state index < -0.39 is 28.8 Å². The average Bonchev–Trinajstić information content (AvgIpc) is 3.43. The minimum atomic E-state index is -0.995. The number of ether oxygens (including phenoxy) is 3. The van der Waals surface area contributed by atoms with Gasteiger partial charge in [0.05, 0.1) is 35.0 Å². The van der Waals surface area contributed by atoms with Crippen molar-refractivity contribution < 1.29 is 33.5 Å². The lowest BCUT2D eigenvalue weighted by molar-refractivity contribution is -0.385. The van der Waals surface area contributed by atoms with E-state index in [1.54, 1.807) is 38.1 Å². The Morgan fingerprint density at radius 2 is 1.94 bits per heavy atom. The molecule has 1 N–H and O–H groups in total. The predicted molar refractivity (Wildman–Crippen MR) is 123 cm³/mol. The summed E-state index contributed by atoms with van der Waals surface area (Å²) in [6, 6.07) is 9.99. The summed E-state index contributed by atoms with van der Waals surface area (Å²) in [5.74, 6) is -0.946. The molecule has 2 amide bonds. The molecular formula is C24H25N3O8. The van der Waals surface area contributed by atoms with Crippen molar-refractivity contribution in [1.29, 1.82) is 0 Å². The Balaban J connectivity index is 1.52. The van der Waals surface area contributed by atoms with Gasteiger partial charge in [-0.2, -0.15) is 0 Å². The third-order valence-corrected chi connectivity index (χ3v) is 5.73. The van der Waals surface area contributed by atoms with E-state index in [1.165, 1.54) is 23.1 Å². The van der Waals surface area contributed by atoms with Crippen LogP contribution in [0, 0.1) is 16.0 Å². The Kier molecular flexibility index (Phi) is 6.85. The number of nitrogens with zero attached hydrogens (tertiary/aromatic N) is 2. The number of hydrogen-bond donors (Lipinski definition) is 1. The molecule has 2 aromatic rings. The van der Waals surface area contributed by atoms with Crippen LogP contribution in [-0.2, 0) is 19.1 Å². The highest BCUT2D eigenvalue weighted by molar-refractivity contribution is 6.00. The molecule has 11 nitrogen and oxygen atoms in total. The number of nitro groups is 1. The molecule has 0 spiro atoms. The summed E-state index contributed by atoms with van der Waals surface area (Å²) in [7, 11) is 0. The van der Waals surface area contributed by atoms with Crippen LogP contribution in [0.4, 0.5) is 11.4 Å². The van der Waals surface area contributed by atoms with Crippen LogP contribution in [0.5, 0.6) is 11.5 Å². The SMILES string of the molecule is CC(C)OC(=O)CC(NC(=O)C1CC(=O)N(c2ccc3c(c2)OCO3)C1)c1ccccc1[N+](=O)[O-]. The molecule has 0 aliphatic carbocycles. The summed E-state index contributed by atoms with van der Waals surface area (Å²) in [5, 5.41) is 14.3. The monoisotopic (exact) mass is 483 g/mol. The van der Waals surface area contributed by atoms with Crippen LogP contribution >= 0.6 is 0 Å². The number of hydrogen-bond acceptors (Lipinski definition) is 8. The first-order chi connectivity index (χ1) is 16.7. The smallest absolute Gasteiger partial charge is 0.308 e. The van der Waals surface area contributed by atoms with Gasteiger partial charge < -0.3 is 24.4 Å². The zero-order valence-corrected chi connectivity index (χ0v) is 19.3. The highest BCUT2D eigenvalue weighted by Gasteiger charge is 2.37. The standard InChI is InChI=1S/C24H25N3O8/c1-14(2)35-23(29)11-18(17-5-3-4-6-19(17)27(31)32)25-24(30)15-9-22(28)26(12-15)16-7-8-20-21(10-16)34-13-33-20/h3-8,10,14-15,18H,9,11-13H2,1-2H3,(H,25,30). The molecule has 0 aromatic heterocycles. The van der Waals surface area contributed by atoms with E-state index in [9.17, 15) is 24.5 Å². The maximum Gasteiger partial charge on any atom is 0.308 e. The molecular weight excluding hydrogens is 458 g/mol. The van der Waals surface area contributed by atoms with Gasteiger partial charge in [-0.25, -0.2) is 0 Å². The van der Waals surface area contributed by atoms with Crippen LogP contribution < -0.4 is 19.7 Å². The fourth-order valence-corrected chi connectivity index (χ4v) is 4.14. The second-order valence-corrected chi connectivity index (χ2v) is 8.56. The predicted octanol–water partition coefficient (Wildman–Crippen LogP) is 2.88. The molecule has 2 unspecified atom stereocenters. The van der Waals surface area contributed by atoms with Crippen molar-refractivity contribution in [3.05, 3.63) is 58.1 Å². The van der Waals surface area contributed by atoms with E-state index in [0.29, 0.717) is 17.2 Å². The molecule has 1 fully saturated rings. The van der Waals surface area contributed by atoms with Gasteiger partial charge in [-0.1, -0.05) is 18.2 Å². The van der Waals surface area contributed by atoms with E-state index >= 15 is 0 Å². The normalized spacial score (nSPS) is 17.4. The first-order valence-corrected chi connectivity index (χ1v) is 11.2. The third-order valence-electron chi connectivity index (χ3n) is 5.73. The van der Waals surface area contributed by atoms with E-state index in [2.05, 4.69) is 5.32 Å². The Hall–Kier alpha value is -4.15. The van der Waals surface area contributed by atoms with Crippen LogP contribution in [-0.4, -0.2) is 42.1 Å². The average molecular weight is 483 g/mol. The maximum atomic E-state index is 13.2. The van der Waals surface area contributed by atoms with E-state index in [1.807, 2.05) is 0 Å². The Labute approximate surface area is 201 Å². The van der Waals surface area contributed by atoms with Crippen molar-refractivity contribution in [2.45, 2.75) is 38.8 Å². The second kappa shape index (κ2) is 10.00.